The molecule has 0 radical (unpaired) electrons. The first-order chi connectivity index (χ1) is 16.1. The maximum atomic E-state index is 13.6. The van der Waals surface area contributed by atoms with E-state index in [1.54, 1.807) is 0 Å². The van der Waals surface area contributed by atoms with Crippen LogP contribution in [0, 0.1) is 12.7 Å². The Morgan fingerprint density at radius 1 is 1.06 bits per heavy atom. The van der Waals surface area contributed by atoms with Crippen molar-refractivity contribution in [3.63, 3.8) is 0 Å². The predicted octanol–water partition coefficient (Wildman–Crippen LogP) is 3.62. The van der Waals surface area contributed by atoms with E-state index in [9.17, 15) is 22.4 Å². The van der Waals surface area contributed by atoms with Gasteiger partial charge in [0, 0.05) is 13.1 Å². The van der Waals surface area contributed by atoms with Crippen molar-refractivity contribution in [2.24, 2.45) is 0 Å². The monoisotopic (exact) mass is 491 g/mol. The molecule has 0 aromatic heterocycles. The molecule has 2 amide bonds. The number of carbonyl (C=O) groups is 2. The van der Waals surface area contributed by atoms with Gasteiger partial charge in [0.05, 0.1) is 11.9 Å². The Balaban J connectivity index is 2.40. The van der Waals surface area contributed by atoms with Crippen LogP contribution in [0.1, 0.15) is 44.2 Å². The van der Waals surface area contributed by atoms with Gasteiger partial charge < -0.3 is 10.2 Å². The molecule has 7 nitrogen and oxygen atoms in total. The Morgan fingerprint density at radius 3 is 2.26 bits per heavy atom. The number of aryl methyl sites for hydroxylation is 1. The molecule has 0 bridgehead atoms. The topological polar surface area (TPSA) is 86.8 Å². The fraction of sp³-hybridized carbons (Fsp3) is 0.440. The van der Waals surface area contributed by atoms with Crippen molar-refractivity contribution in [2.75, 3.05) is 23.7 Å². The van der Waals surface area contributed by atoms with Gasteiger partial charge in [-0.3, -0.25) is 13.9 Å². The van der Waals surface area contributed by atoms with E-state index in [1.165, 1.54) is 17.0 Å². The lowest BCUT2D eigenvalue weighted by Crippen LogP contribution is -2.52. The molecule has 2 rings (SSSR count). The van der Waals surface area contributed by atoms with E-state index in [-0.39, 0.29) is 18.1 Å². The molecule has 0 fully saturated rings. The van der Waals surface area contributed by atoms with E-state index >= 15 is 0 Å². The first-order valence-corrected chi connectivity index (χ1v) is 13.3. The van der Waals surface area contributed by atoms with Crippen LogP contribution >= 0.6 is 0 Å². The Morgan fingerprint density at radius 2 is 1.71 bits per heavy atom. The molecule has 0 aliphatic carbocycles. The van der Waals surface area contributed by atoms with Crippen molar-refractivity contribution < 1.29 is 22.4 Å². The minimum absolute atomic E-state index is 0.159. The normalized spacial score (nSPS) is 12.1. The van der Waals surface area contributed by atoms with Gasteiger partial charge in [-0.05, 0) is 55.2 Å². The van der Waals surface area contributed by atoms with Crippen LogP contribution in [-0.2, 0) is 26.2 Å². The summed E-state index contributed by atoms with van der Waals surface area (Å²) in [7, 11) is -3.85. The van der Waals surface area contributed by atoms with E-state index in [2.05, 4.69) is 5.32 Å². The molecular weight excluding hydrogens is 457 g/mol. The van der Waals surface area contributed by atoms with Crippen molar-refractivity contribution in [1.82, 2.24) is 10.2 Å². The number of halogens is 1. The first kappa shape index (κ1) is 27.3. The number of hydrogen-bond acceptors (Lipinski definition) is 4. The maximum absolute atomic E-state index is 13.6. The van der Waals surface area contributed by atoms with Crippen molar-refractivity contribution in [3.8, 4) is 0 Å². The number of nitrogens with zero attached hydrogens (tertiary/aromatic N) is 2. The minimum Gasteiger partial charge on any atom is -0.354 e. The number of hydrogen-bond donors (Lipinski definition) is 1. The van der Waals surface area contributed by atoms with Crippen LogP contribution in [0.25, 0.3) is 0 Å². The van der Waals surface area contributed by atoms with Crippen molar-refractivity contribution >= 4 is 27.5 Å². The van der Waals surface area contributed by atoms with Gasteiger partial charge in [0.25, 0.3) is 0 Å². The third-order valence-electron chi connectivity index (χ3n) is 5.61. The van der Waals surface area contributed by atoms with E-state index in [1.807, 2.05) is 45.0 Å². The molecule has 0 aliphatic rings. The summed E-state index contributed by atoms with van der Waals surface area (Å²) in [6, 6.07) is 11.7. The Labute approximate surface area is 202 Å². The van der Waals surface area contributed by atoms with Gasteiger partial charge in [0.2, 0.25) is 21.8 Å². The fourth-order valence-corrected chi connectivity index (χ4v) is 4.47. The van der Waals surface area contributed by atoms with Crippen molar-refractivity contribution in [1.29, 1.82) is 0 Å². The van der Waals surface area contributed by atoms with Gasteiger partial charge in [-0.1, -0.05) is 44.5 Å². The highest BCUT2D eigenvalue weighted by atomic mass is 32.2. The van der Waals surface area contributed by atoms with Gasteiger partial charge in [0.1, 0.15) is 18.4 Å². The van der Waals surface area contributed by atoms with Crippen molar-refractivity contribution in [3.05, 3.63) is 65.5 Å². The molecule has 0 saturated carbocycles. The summed E-state index contributed by atoms with van der Waals surface area (Å²) >= 11 is 0. The zero-order valence-corrected chi connectivity index (χ0v) is 21.1. The number of unbranched alkanes of at least 4 members (excludes halogenated alkanes) is 1. The van der Waals surface area contributed by atoms with Crippen LogP contribution in [-0.4, -0.2) is 50.5 Å². The van der Waals surface area contributed by atoms with Crippen LogP contribution in [0.3, 0.4) is 0 Å². The summed E-state index contributed by atoms with van der Waals surface area (Å²) in [5.74, 6) is -1.31. The van der Waals surface area contributed by atoms with E-state index in [0.29, 0.717) is 13.0 Å². The SMILES string of the molecule is CCCCNC(=O)[C@H](CC)N(Cc1ccccc1C)C(=O)CN(c1ccc(F)cc1)S(C)(=O)=O. The fourth-order valence-electron chi connectivity index (χ4n) is 3.62. The number of benzene rings is 2. The molecule has 0 saturated heterocycles. The lowest BCUT2D eigenvalue weighted by molar-refractivity contribution is -0.140. The lowest BCUT2D eigenvalue weighted by atomic mass is 10.1. The highest BCUT2D eigenvalue weighted by molar-refractivity contribution is 7.92. The standard InChI is InChI=1S/C25H34FN3O4S/c1-5-7-16-27-25(31)23(6-2)28(17-20-11-9-8-10-19(20)3)24(30)18-29(34(4,32)33)22-14-12-21(26)13-15-22/h8-15,23H,5-7,16-18H2,1-4H3,(H,27,31)/t23-/m0/s1. The Hall–Kier alpha value is -2.94. The van der Waals surface area contributed by atoms with Crippen LogP contribution in [0.4, 0.5) is 10.1 Å². The molecule has 0 spiro atoms. The van der Waals surface area contributed by atoms with Gasteiger partial charge in [-0.2, -0.15) is 0 Å². The molecular formula is C25H34FN3O4S. The van der Waals surface area contributed by atoms with Crippen molar-refractivity contribution in [2.45, 2.75) is 52.6 Å². The van der Waals surface area contributed by atoms with Crippen LogP contribution in [0.15, 0.2) is 48.5 Å². The second-order valence-electron chi connectivity index (χ2n) is 8.26. The van der Waals surface area contributed by atoms with E-state index in [0.717, 1.165) is 46.7 Å². The molecule has 1 N–H and O–H groups in total. The largest absolute Gasteiger partial charge is 0.354 e. The third-order valence-corrected chi connectivity index (χ3v) is 6.75. The quantitative estimate of drug-likeness (QED) is 0.460. The number of sulfonamides is 1. The zero-order chi connectivity index (χ0) is 25.3. The Kier molecular flexibility index (Phi) is 10.0. The average molecular weight is 492 g/mol. The highest BCUT2D eigenvalue weighted by Crippen LogP contribution is 2.21. The summed E-state index contributed by atoms with van der Waals surface area (Å²) in [5, 5.41) is 2.89. The molecule has 1 atom stereocenters. The summed E-state index contributed by atoms with van der Waals surface area (Å²) < 4.78 is 39.4. The summed E-state index contributed by atoms with van der Waals surface area (Å²) in [6.07, 6.45) is 3.10. The first-order valence-electron chi connectivity index (χ1n) is 11.4. The lowest BCUT2D eigenvalue weighted by Gasteiger charge is -2.33. The van der Waals surface area contributed by atoms with Gasteiger partial charge >= 0.3 is 0 Å². The number of anilines is 1. The summed E-state index contributed by atoms with van der Waals surface area (Å²) in [4.78, 5) is 28.0. The number of nitrogens with one attached hydrogen (secondary N) is 1. The molecule has 34 heavy (non-hydrogen) atoms. The van der Waals surface area contributed by atoms with Crippen LogP contribution in [0.5, 0.6) is 0 Å². The maximum Gasteiger partial charge on any atom is 0.244 e. The number of amides is 2. The third kappa shape index (κ3) is 7.55. The molecule has 186 valence electrons. The smallest absolute Gasteiger partial charge is 0.244 e. The minimum atomic E-state index is -3.85. The second-order valence-corrected chi connectivity index (χ2v) is 10.2. The highest BCUT2D eigenvalue weighted by Gasteiger charge is 2.31. The molecule has 2 aromatic carbocycles. The van der Waals surface area contributed by atoms with Gasteiger partial charge in [-0.25, -0.2) is 12.8 Å². The summed E-state index contributed by atoms with van der Waals surface area (Å²) in [5.41, 5.74) is 2.00. The van der Waals surface area contributed by atoms with E-state index < -0.39 is 34.3 Å². The average Bonchev–Trinajstić information content (AvgIpc) is 2.78. The van der Waals surface area contributed by atoms with E-state index in [4.69, 9.17) is 0 Å². The molecule has 9 heteroatoms. The molecule has 0 unspecified atom stereocenters. The zero-order valence-electron chi connectivity index (χ0n) is 20.3. The molecule has 2 aromatic rings. The Bertz CT molecular complexity index is 1070. The number of rotatable bonds is 12. The van der Waals surface area contributed by atoms with Gasteiger partial charge in [0.15, 0.2) is 0 Å². The second kappa shape index (κ2) is 12.5. The molecule has 0 heterocycles. The number of carbonyl (C=O) groups excluding carboxylic acids is 2. The summed E-state index contributed by atoms with van der Waals surface area (Å²) in [6.45, 7) is 5.91. The predicted molar refractivity (Wildman–Crippen MR) is 132 cm³/mol. The van der Waals surface area contributed by atoms with Crippen LogP contribution in [0.2, 0.25) is 0 Å². The van der Waals surface area contributed by atoms with Crippen LogP contribution < -0.4 is 9.62 Å². The van der Waals surface area contributed by atoms with Gasteiger partial charge in [-0.15, -0.1) is 0 Å². The molecule has 0 aliphatic heterocycles.